The van der Waals surface area contributed by atoms with E-state index in [1.807, 2.05) is 0 Å². The van der Waals surface area contributed by atoms with Gasteiger partial charge in [0.15, 0.2) is 18.1 Å². The Balaban J connectivity index is 1.61. The van der Waals surface area contributed by atoms with Gasteiger partial charge in [0.05, 0.1) is 12.4 Å². The van der Waals surface area contributed by atoms with E-state index in [2.05, 4.69) is 19.7 Å². The second-order valence-electron chi connectivity index (χ2n) is 8.39. The molecule has 2 heterocycles. The Morgan fingerprint density at radius 2 is 2.03 bits per heavy atom. The summed E-state index contributed by atoms with van der Waals surface area (Å²) in [4.78, 5) is 24.0. The van der Waals surface area contributed by atoms with E-state index in [-0.39, 0.29) is 42.0 Å². The fourth-order valence-corrected chi connectivity index (χ4v) is 3.92. The number of ketones is 1. The highest BCUT2D eigenvalue weighted by molar-refractivity contribution is 5.95. The molecule has 0 spiro atoms. The molecule has 0 amide bonds. The van der Waals surface area contributed by atoms with E-state index in [9.17, 15) is 22.4 Å². The number of nitrogens with zero attached hydrogens (tertiary/aromatic N) is 3. The zero-order chi connectivity index (χ0) is 24.7. The monoisotopic (exact) mass is 484 g/mol. The Morgan fingerprint density at radius 3 is 2.65 bits per heavy atom. The number of amidine groups is 1. The molecule has 2 aliphatic rings. The van der Waals surface area contributed by atoms with Crippen molar-refractivity contribution < 1.29 is 36.2 Å². The number of Topliss-reactive ketones (excluding diaryl/α,β-unsaturated/α-hetero) is 1. The molecule has 0 radical (unpaired) electrons. The minimum Gasteiger partial charge on any atom is -0.452 e. The summed E-state index contributed by atoms with van der Waals surface area (Å²) in [6, 6.07) is 2.80. The smallest absolute Gasteiger partial charge is 0.290 e. The van der Waals surface area contributed by atoms with Crippen LogP contribution in [0.15, 0.2) is 35.6 Å². The van der Waals surface area contributed by atoms with Crippen LogP contribution in [0.4, 0.5) is 22.0 Å². The average molecular weight is 484 g/mol. The Bertz CT molecular complexity index is 1110. The van der Waals surface area contributed by atoms with Crippen LogP contribution < -0.4 is 10.5 Å². The van der Waals surface area contributed by atoms with Gasteiger partial charge in [0.1, 0.15) is 17.1 Å². The average Bonchev–Trinajstić information content (AvgIpc) is 3.64. The Hall–Kier alpha value is -3.31. The van der Waals surface area contributed by atoms with Crippen molar-refractivity contribution in [1.29, 1.82) is 0 Å². The third-order valence-corrected chi connectivity index (χ3v) is 5.95. The van der Waals surface area contributed by atoms with Crippen LogP contribution >= 0.6 is 0 Å². The van der Waals surface area contributed by atoms with Gasteiger partial charge in [-0.25, -0.2) is 36.9 Å². The molecule has 2 N–H and O–H groups in total. The maximum absolute atomic E-state index is 15.5. The molecule has 1 aromatic heterocycles. The minimum absolute atomic E-state index is 0.0656. The van der Waals surface area contributed by atoms with E-state index in [1.165, 1.54) is 12.1 Å². The molecule has 2 aromatic rings. The lowest BCUT2D eigenvalue weighted by Gasteiger charge is -2.41. The lowest BCUT2D eigenvalue weighted by molar-refractivity contribution is -0.161. The van der Waals surface area contributed by atoms with Crippen molar-refractivity contribution in [1.82, 2.24) is 9.97 Å². The first-order valence-corrected chi connectivity index (χ1v) is 10.4. The van der Waals surface area contributed by atoms with E-state index >= 15 is 4.39 Å². The molecular weight excluding hydrogens is 463 g/mol. The van der Waals surface area contributed by atoms with Gasteiger partial charge in [0.2, 0.25) is 12.7 Å². The topological polar surface area (TPSA) is 99.7 Å². The fraction of sp³-hybridized carbons (Fsp3) is 0.455. The number of aromatic nitrogens is 2. The van der Waals surface area contributed by atoms with E-state index < -0.39 is 54.1 Å². The summed E-state index contributed by atoms with van der Waals surface area (Å²) in [5, 5.41) is 0. The molecule has 1 saturated carbocycles. The van der Waals surface area contributed by atoms with E-state index in [4.69, 9.17) is 10.5 Å². The van der Waals surface area contributed by atoms with Crippen molar-refractivity contribution in [2.45, 2.75) is 49.9 Å². The van der Waals surface area contributed by atoms with Crippen LogP contribution in [0.3, 0.4) is 0 Å². The number of hydrogen-bond acceptors (Lipinski definition) is 7. The van der Waals surface area contributed by atoms with E-state index in [0.29, 0.717) is 0 Å². The maximum Gasteiger partial charge on any atom is 0.290 e. The van der Waals surface area contributed by atoms with Crippen molar-refractivity contribution in [2.75, 3.05) is 6.86 Å². The van der Waals surface area contributed by atoms with Gasteiger partial charge in [-0.15, -0.1) is 0 Å². The second kappa shape index (κ2) is 8.80. The summed E-state index contributed by atoms with van der Waals surface area (Å²) in [5.74, 6) is -6.09. The van der Waals surface area contributed by atoms with E-state index in [1.54, 1.807) is 0 Å². The third-order valence-electron chi connectivity index (χ3n) is 5.95. The van der Waals surface area contributed by atoms with E-state index in [0.717, 1.165) is 25.4 Å². The first-order valence-electron chi connectivity index (χ1n) is 10.4. The highest BCUT2D eigenvalue weighted by Gasteiger charge is 2.62. The first-order chi connectivity index (χ1) is 16.1. The highest BCUT2D eigenvalue weighted by atomic mass is 19.3. The normalized spacial score (nSPS) is 24.8. The van der Waals surface area contributed by atoms with Gasteiger partial charge in [-0.3, -0.25) is 4.79 Å². The quantitative estimate of drug-likeness (QED) is 0.454. The molecule has 1 fully saturated rings. The van der Waals surface area contributed by atoms with Crippen molar-refractivity contribution in [3.63, 3.8) is 0 Å². The number of aliphatic imine (C=N–C) groups is 1. The zero-order valence-corrected chi connectivity index (χ0v) is 18.0. The van der Waals surface area contributed by atoms with Crippen molar-refractivity contribution in [3.05, 3.63) is 53.2 Å². The lowest BCUT2D eigenvalue weighted by atomic mass is 9.81. The largest absolute Gasteiger partial charge is 0.452 e. The Kier molecular flexibility index (Phi) is 6.17. The van der Waals surface area contributed by atoms with Crippen LogP contribution in [0.1, 0.15) is 41.4 Å². The van der Waals surface area contributed by atoms with Crippen LogP contribution in [0.25, 0.3) is 0 Å². The Morgan fingerprint density at radius 1 is 1.29 bits per heavy atom. The summed E-state index contributed by atoms with van der Waals surface area (Å²) in [6.45, 7) is 0.0439. The SMILES string of the molecule is C[C@]1(c2cc(CC(=O)c3cnc(OCF)cn3)ccc2F)N=C(N)O[C@H](C(F)(F)C2CC2)[C@@H]1F. The molecule has 182 valence electrons. The Labute approximate surface area is 191 Å². The van der Waals surface area contributed by atoms with Crippen molar-refractivity contribution in [2.24, 2.45) is 16.6 Å². The number of alkyl halides is 4. The number of halogens is 5. The van der Waals surface area contributed by atoms with Crippen LogP contribution in [-0.4, -0.2) is 46.8 Å². The second-order valence-corrected chi connectivity index (χ2v) is 8.39. The summed E-state index contributed by atoms with van der Waals surface area (Å²) < 4.78 is 81.4. The number of benzene rings is 1. The number of hydrogen-bond donors (Lipinski definition) is 1. The number of carbonyl (C=O) groups is 1. The maximum atomic E-state index is 15.5. The van der Waals surface area contributed by atoms with Gasteiger partial charge < -0.3 is 15.2 Å². The van der Waals surface area contributed by atoms with Crippen LogP contribution in [-0.2, 0) is 16.7 Å². The lowest BCUT2D eigenvalue weighted by Crippen LogP contribution is -2.57. The van der Waals surface area contributed by atoms with Gasteiger partial charge in [-0.05, 0) is 37.5 Å². The fourth-order valence-electron chi connectivity index (χ4n) is 3.92. The third kappa shape index (κ3) is 4.40. The molecule has 1 aliphatic carbocycles. The molecule has 34 heavy (non-hydrogen) atoms. The van der Waals surface area contributed by atoms with Crippen LogP contribution in [0, 0.1) is 11.7 Å². The van der Waals surface area contributed by atoms with Gasteiger partial charge >= 0.3 is 0 Å². The number of nitrogens with two attached hydrogens (primary N) is 1. The number of carbonyl (C=O) groups excluding carboxylic acids is 1. The molecule has 1 aromatic carbocycles. The summed E-state index contributed by atoms with van der Waals surface area (Å²) in [6.07, 6.45) is -2.32. The van der Waals surface area contributed by atoms with Gasteiger partial charge in [0.25, 0.3) is 11.9 Å². The predicted octanol–water partition coefficient (Wildman–Crippen LogP) is 3.66. The molecule has 3 atom stereocenters. The molecule has 0 bridgehead atoms. The van der Waals surface area contributed by atoms with Gasteiger partial charge in [-0.1, -0.05) is 6.07 Å². The molecular formula is C22H21F5N4O3. The highest BCUT2D eigenvalue weighted by Crippen LogP contribution is 2.51. The molecule has 7 nitrogen and oxygen atoms in total. The van der Waals surface area contributed by atoms with Crippen molar-refractivity contribution >= 4 is 11.8 Å². The summed E-state index contributed by atoms with van der Waals surface area (Å²) in [5.41, 5.74) is 3.34. The minimum atomic E-state index is -3.51. The summed E-state index contributed by atoms with van der Waals surface area (Å²) >= 11 is 0. The number of rotatable bonds is 8. The van der Waals surface area contributed by atoms with Crippen LogP contribution in [0.2, 0.25) is 0 Å². The molecule has 0 unspecified atom stereocenters. The summed E-state index contributed by atoms with van der Waals surface area (Å²) in [7, 11) is 0. The molecule has 1 aliphatic heterocycles. The van der Waals surface area contributed by atoms with Crippen LogP contribution in [0.5, 0.6) is 5.88 Å². The van der Waals surface area contributed by atoms with Gasteiger partial charge in [0, 0.05) is 17.9 Å². The van der Waals surface area contributed by atoms with Crippen molar-refractivity contribution in [3.8, 4) is 5.88 Å². The molecule has 12 heteroatoms. The predicted molar refractivity (Wildman–Crippen MR) is 109 cm³/mol. The number of ether oxygens (including phenoxy) is 2. The van der Waals surface area contributed by atoms with Gasteiger partial charge in [-0.2, -0.15) is 0 Å². The molecule has 0 saturated heterocycles. The first kappa shape index (κ1) is 23.8. The zero-order valence-electron chi connectivity index (χ0n) is 18.0. The molecule has 4 rings (SSSR count). The standard InChI is InChI=1S/C22H21F5N4O3/c1-21(18(25)19(34-20(28)31-21)22(26,27)12-3-4-12)13-6-11(2-5-14(13)24)7-16(32)15-8-30-17(9-29-15)33-10-23/h2,5-6,8-9,12,18-19H,3-4,7,10H2,1H3,(H2,28,31)/t18-,19-,21+/m0/s1.